The van der Waals surface area contributed by atoms with Crippen molar-refractivity contribution in [3.05, 3.63) is 59.7 Å². The number of benzene rings is 2. The highest BCUT2D eigenvalue weighted by Gasteiger charge is 2.35. The number of hydrogen-bond acceptors (Lipinski definition) is 12. The van der Waals surface area contributed by atoms with Crippen LogP contribution < -0.4 is 21.3 Å². The third kappa shape index (κ3) is 10.3. The summed E-state index contributed by atoms with van der Waals surface area (Å²) in [6.45, 7) is 1.60. The Kier molecular flexibility index (Phi) is 12.6. The van der Waals surface area contributed by atoms with Crippen molar-refractivity contribution in [2.75, 3.05) is 26.7 Å². The van der Waals surface area contributed by atoms with Crippen LogP contribution in [0.3, 0.4) is 0 Å². The van der Waals surface area contributed by atoms with Crippen molar-refractivity contribution in [2.45, 2.75) is 60.9 Å². The van der Waals surface area contributed by atoms with Crippen molar-refractivity contribution in [2.24, 2.45) is 0 Å². The molecule has 0 aromatic heterocycles. The van der Waals surface area contributed by atoms with Crippen LogP contribution in [0.1, 0.15) is 30.4 Å². The number of ether oxygens (including phenoxy) is 2. The molecule has 238 valence electrons. The van der Waals surface area contributed by atoms with Crippen LogP contribution in [0.2, 0.25) is 0 Å². The quantitative estimate of drug-likeness (QED) is 0.129. The van der Waals surface area contributed by atoms with E-state index in [1.807, 2.05) is 0 Å². The monoisotopic (exact) mass is 646 g/mol. The zero-order valence-electron chi connectivity index (χ0n) is 24.3. The van der Waals surface area contributed by atoms with Crippen molar-refractivity contribution < 1.29 is 38.9 Å². The summed E-state index contributed by atoms with van der Waals surface area (Å²) in [6, 6.07) is 11.2. The summed E-state index contributed by atoms with van der Waals surface area (Å²) in [7, 11) is 4.66. The van der Waals surface area contributed by atoms with Crippen LogP contribution in [0, 0.1) is 0 Å². The first kappa shape index (κ1) is 33.4. The average molecular weight is 647 g/mol. The van der Waals surface area contributed by atoms with E-state index in [1.165, 1.54) is 31.4 Å². The molecule has 0 unspecified atom stereocenters. The molecule has 0 spiro atoms. The van der Waals surface area contributed by atoms with Gasteiger partial charge in [-0.25, -0.2) is 4.79 Å². The van der Waals surface area contributed by atoms with Gasteiger partial charge in [0.1, 0.15) is 24.1 Å². The van der Waals surface area contributed by atoms with Gasteiger partial charge < -0.3 is 41.0 Å². The Morgan fingerprint density at radius 3 is 1.98 bits per heavy atom. The molecule has 44 heavy (non-hydrogen) atoms. The van der Waals surface area contributed by atoms with E-state index in [4.69, 9.17) is 9.47 Å². The summed E-state index contributed by atoms with van der Waals surface area (Å²) < 4.78 is 10.1. The van der Waals surface area contributed by atoms with Crippen molar-refractivity contribution in [3.8, 4) is 11.5 Å². The van der Waals surface area contributed by atoms with E-state index in [-0.39, 0.29) is 65.8 Å². The summed E-state index contributed by atoms with van der Waals surface area (Å²) in [5.41, 5.74) is 1.54. The van der Waals surface area contributed by atoms with E-state index in [0.29, 0.717) is 25.9 Å². The molecular formula is C30H38N4O8S2. The Bertz CT molecular complexity index is 1280. The van der Waals surface area contributed by atoms with Crippen LogP contribution in [0.15, 0.2) is 48.5 Å². The third-order valence-electron chi connectivity index (χ3n) is 7.28. The Hall–Kier alpha value is -3.46. The van der Waals surface area contributed by atoms with Gasteiger partial charge in [0.2, 0.25) is 11.8 Å². The van der Waals surface area contributed by atoms with E-state index >= 15 is 0 Å². The van der Waals surface area contributed by atoms with Crippen LogP contribution in [0.25, 0.3) is 0 Å². The van der Waals surface area contributed by atoms with Gasteiger partial charge >= 0.3 is 11.9 Å². The first-order valence-corrected chi connectivity index (χ1v) is 16.6. The standard InChI is InChI=1S/C30H38N4O8S2/c1-41-30(40)26(12-18-2-6-20(35)7-3-18)34-29(39)25-14-23(16-33-25)44-43-22-13-24(32-15-22)28(38)31-11-10-27(37)42-17-19-4-8-21(36)9-5-19/h2-9,22-26,32-33,35-36H,10-17H2,1H3,(H,31,38)(H,34,39)/t22-,23-,24+,25+,26+/m1/s1. The van der Waals surface area contributed by atoms with Gasteiger partial charge in [-0.05, 0) is 48.2 Å². The van der Waals surface area contributed by atoms with Gasteiger partial charge in [-0.2, -0.15) is 0 Å². The summed E-state index contributed by atoms with van der Waals surface area (Å²) in [6.07, 6.45) is 1.56. The minimum Gasteiger partial charge on any atom is -0.508 e. The molecule has 2 aliphatic rings. The van der Waals surface area contributed by atoms with Crippen molar-refractivity contribution in [3.63, 3.8) is 0 Å². The Morgan fingerprint density at radius 1 is 0.864 bits per heavy atom. The topological polar surface area (TPSA) is 175 Å². The molecule has 0 radical (unpaired) electrons. The van der Waals surface area contributed by atoms with E-state index in [9.17, 15) is 29.4 Å². The van der Waals surface area contributed by atoms with E-state index < -0.39 is 24.0 Å². The zero-order valence-corrected chi connectivity index (χ0v) is 26.0. The molecule has 2 fully saturated rings. The molecule has 2 aromatic rings. The largest absolute Gasteiger partial charge is 0.508 e. The molecule has 2 amide bonds. The van der Waals surface area contributed by atoms with Crippen LogP contribution in [-0.2, 0) is 41.7 Å². The van der Waals surface area contributed by atoms with Gasteiger partial charge in [-0.3, -0.25) is 14.4 Å². The molecular weight excluding hydrogens is 608 g/mol. The van der Waals surface area contributed by atoms with Gasteiger partial charge in [0.15, 0.2) is 0 Å². The molecule has 14 heteroatoms. The summed E-state index contributed by atoms with van der Waals surface area (Å²) in [5, 5.41) is 31.3. The molecule has 6 N–H and O–H groups in total. The Labute approximate surface area is 263 Å². The highest BCUT2D eigenvalue weighted by atomic mass is 33.1. The summed E-state index contributed by atoms with van der Waals surface area (Å²) in [4.78, 5) is 49.9. The SMILES string of the molecule is COC(=O)[C@H](Cc1ccc(O)cc1)NC(=O)[C@@H]1C[C@@H](SS[C@H]2CN[C@H](C(=O)NCCC(=O)OCc3ccc(O)cc3)C2)CN1. The minimum atomic E-state index is -0.844. The van der Waals surface area contributed by atoms with Crippen LogP contribution in [0.5, 0.6) is 11.5 Å². The third-order valence-corrected chi connectivity index (χ3v) is 10.6. The Balaban J connectivity index is 1.11. The number of methoxy groups -OCH3 is 1. The molecule has 2 heterocycles. The molecule has 5 atom stereocenters. The van der Waals surface area contributed by atoms with Crippen molar-refractivity contribution >= 4 is 45.3 Å². The van der Waals surface area contributed by atoms with Gasteiger partial charge in [-0.1, -0.05) is 45.9 Å². The smallest absolute Gasteiger partial charge is 0.328 e. The maximum absolute atomic E-state index is 13.0. The highest BCUT2D eigenvalue weighted by Crippen LogP contribution is 2.38. The number of rotatable bonds is 14. The molecule has 0 bridgehead atoms. The number of carbonyl (C=O) groups excluding carboxylic acids is 4. The van der Waals surface area contributed by atoms with Crippen molar-refractivity contribution in [1.29, 1.82) is 0 Å². The predicted molar refractivity (Wildman–Crippen MR) is 167 cm³/mol. The normalized spacial score (nSPS) is 21.8. The zero-order chi connectivity index (χ0) is 31.5. The highest BCUT2D eigenvalue weighted by molar-refractivity contribution is 8.77. The maximum Gasteiger partial charge on any atom is 0.328 e. The number of nitrogens with one attached hydrogen (secondary N) is 4. The molecule has 4 rings (SSSR count). The second kappa shape index (κ2) is 16.6. The second-order valence-corrected chi connectivity index (χ2v) is 13.5. The number of aromatic hydroxyl groups is 2. The minimum absolute atomic E-state index is 0.0607. The second-order valence-electron chi connectivity index (χ2n) is 10.7. The summed E-state index contributed by atoms with van der Waals surface area (Å²) in [5.74, 6) is -1.12. The number of carbonyl (C=O) groups is 4. The number of amides is 2. The number of hydrogen-bond donors (Lipinski definition) is 6. The van der Waals surface area contributed by atoms with E-state index in [0.717, 1.165) is 11.1 Å². The van der Waals surface area contributed by atoms with E-state index in [2.05, 4.69) is 21.3 Å². The first-order chi connectivity index (χ1) is 21.2. The lowest BCUT2D eigenvalue weighted by molar-refractivity contribution is -0.145. The molecule has 2 aliphatic heterocycles. The lowest BCUT2D eigenvalue weighted by atomic mass is 10.0. The fourth-order valence-electron chi connectivity index (χ4n) is 4.82. The number of esters is 2. The van der Waals surface area contributed by atoms with Crippen LogP contribution >= 0.6 is 21.6 Å². The predicted octanol–water partition coefficient (Wildman–Crippen LogP) is 1.39. The van der Waals surface area contributed by atoms with Crippen molar-refractivity contribution in [1.82, 2.24) is 21.3 Å². The lowest BCUT2D eigenvalue weighted by Gasteiger charge is -2.19. The van der Waals surface area contributed by atoms with Crippen LogP contribution in [-0.4, -0.2) is 89.3 Å². The van der Waals surface area contributed by atoms with Gasteiger partial charge in [0, 0.05) is 36.6 Å². The van der Waals surface area contributed by atoms with Gasteiger partial charge in [0.25, 0.3) is 0 Å². The maximum atomic E-state index is 13.0. The van der Waals surface area contributed by atoms with Crippen LogP contribution in [0.4, 0.5) is 0 Å². The average Bonchev–Trinajstić information content (AvgIpc) is 3.70. The lowest BCUT2D eigenvalue weighted by Crippen LogP contribution is -2.49. The number of phenols is 2. The Morgan fingerprint density at radius 2 is 1.41 bits per heavy atom. The van der Waals surface area contributed by atoms with Gasteiger partial charge in [-0.15, -0.1) is 0 Å². The molecule has 12 nitrogen and oxygen atoms in total. The van der Waals surface area contributed by atoms with E-state index in [1.54, 1.807) is 45.9 Å². The number of phenolic OH excluding ortho intramolecular Hbond substituents is 2. The fourth-order valence-corrected chi connectivity index (χ4v) is 7.83. The molecule has 0 aliphatic carbocycles. The fraction of sp³-hybridized carbons (Fsp3) is 0.467. The molecule has 2 saturated heterocycles. The molecule has 2 aromatic carbocycles. The summed E-state index contributed by atoms with van der Waals surface area (Å²) >= 11 is 0. The van der Waals surface area contributed by atoms with Gasteiger partial charge in [0.05, 0.1) is 25.6 Å². The molecule has 0 saturated carbocycles. The first-order valence-electron chi connectivity index (χ1n) is 14.4.